The Morgan fingerprint density at radius 1 is 1.56 bits per heavy atom. The topological polar surface area (TPSA) is 90.2 Å². The van der Waals surface area contributed by atoms with E-state index in [0.29, 0.717) is 22.9 Å². The van der Waals surface area contributed by atoms with Gasteiger partial charge in [-0.1, -0.05) is 0 Å². The minimum absolute atomic E-state index is 0.00194. The number of nitrogens with one attached hydrogen (secondary N) is 1. The van der Waals surface area contributed by atoms with Crippen molar-refractivity contribution in [2.24, 2.45) is 0 Å². The SMILES string of the molecule is N#Cc1cc(C(=O)O)c2c(c1)S(=O)CCN2. The van der Waals surface area contributed by atoms with Crippen molar-refractivity contribution in [3.8, 4) is 6.07 Å². The van der Waals surface area contributed by atoms with Crippen molar-refractivity contribution in [1.82, 2.24) is 0 Å². The van der Waals surface area contributed by atoms with Gasteiger partial charge in [-0.3, -0.25) is 4.21 Å². The standard InChI is InChI=1S/C10H8N2O3S/c11-5-6-3-7(10(13)14)9-8(4-6)16(15)2-1-12-9/h3-4,12H,1-2H2,(H,13,14). The Labute approximate surface area is 94.2 Å². The maximum atomic E-state index is 11.7. The molecular weight excluding hydrogens is 228 g/mol. The molecule has 1 aliphatic rings. The molecule has 82 valence electrons. The van der Waals surface area contributed by atoms with E-state index in [-0.39, 0.29) is 11.1 Å². The normalized spacial score (nSPS) is 18.1. The van der Waals surface area contributed by atoms with Crippen LogP contribution in [0.25, 0.3) is 0 Å². The average Bonchev–Trinajstić information content (AvgIpc) is 2.28. The van der Waals surface area contributed by atoms with Gasteiger partial charge in [-0.15, -0.1) is 0 Å². The average molecular weight is 236 g/mol. The van der Waals surface area contributed by atoms with Gasteiger partial charge in [0, 0.05) is 12.3 Å². The summed E-state index contributed by atoms with van der Waals surface area (Å²) in [5, 5.41) is 20.7. The van der Waals surface area contributed by atoms with Crippen LogP contribution in [0.5, 0.6) is 0 Å². The molecule has 1 heterocycles. The number of anilines is 1. The van der Waals surface area contributed by atoms with Crippen molar-refractivity contribution in [1.29, 1.82) is 5.26 Å². The van der Waals surface area contributed by atoms with E-state index in [1.807, 2.05) is 6.07 Å². The predicted octanol–water partition coefficient (Wildman–Crippen LogP) is 0.790. The third-order valence-corrected chi connectivity index (χ3v) is 3.68. The highest BCUT2D eigenvalue weighted by Crippen LogP contribution is 2.29. The zero-order valence-corrected chi connectivity index (χ0v) is 9.00. The number of nitrogens with zero attached hydrogens (tertiary/aromatic N) is 1. The van der Waals surface area contributed by atoms with Gasteiger partial charge in [-0.2, -0.15) is 5.26 Å². The number of carboxylic acids is 1. The second kappa shape index (κ2) is 3.94. The highest BCUT2D eigenvalue weighted by atomic mass is 32.2. The zero-order valence-electron chi connectivity index (χ0n) is 8.19. The monoisotopic (exact) mass is 236 g/mol. The van der Waals surface area contributed by atoms with Crippen molar-refractivity contribution in [3.05, 3.63) is 23.3 Å². The summed E-state index contributed by atoms with van der Waals surface area (Å²) < 4.78 is 11.7. The molecule has 0 saturated heterocycles. The van der Waals surface area contributed by atoms with E-state index in [4.69, 9.17) is 10.4 Å². The number of hydrogen-bond donors (Lipinski definition) is 2. The fourth-order valence-corrected chi connectivity index (χ4v) is 2.76. The Balaban J connectivity index is 2.71. The zero-order chi connectivity index (χ0) is 11.7. The quantitative estimate of drug-likeness (QED) is 0.752. The third kappa shape index (κ3) is 1.66. The first kappa shape index (κ1) is 10.6. The lowest BCUT2D eigenvalue weighted by atomic mass is 10.1. The van der Waals surface area contributed by atoms with Gasteiger partial charge in [-0.05, 0) is 12.1 Å². The predicted molar refractivity (Wildman–Crippen MR) is 57.9 cm³/mol. The largest absolute Gasteiger partial charge is 0.478 e. The van der Waals surface area contributed by atoms with Crippen molar-refractivity contribution in [2.75, 3.05) is 17.6 Å². The van der Waals surface area contributed by atoms with E-state index in [2.05, 4.69) is 5.32 Å². The molecule has 0 aliphatic carbocycles. The van der Waals surface area contributed by atoms with Crippen molar-refractivity contribution >= 4 is 22.5 Å². The van der Waals surface area contributed by atoms with Gasteiger partial charge in [0.1, 0.15) is 0 Å². The summed E-state index contributed by atoms with van der Waals surface area (Å²) in [4.78, 5) is 11.4. The summed E-state index contributed by atoms with van der Waals surface area (Å²) in [6.07, 6.45) is 0. The number of fused-ring (bicyclic) bond motifs is 1. The lowest BCUT2D eigenvalue weighted by Gasteiger charge is -2.19. The van der Waals surface area contributed by atoms with E-state index < -0.39 is 16.8 Å². The van der Waals surface area contributed by atoms with Crippen LogP contribution in [0.3, 0.4) is 0 Å². The lowest BCUT2D eigenvalue weighted by Crippen LogP contribution is -2.21. The molecule has 2 N–H and O–H groups in total. The Kier molecular flexibility index (Phi) is 2.62. The summed E-state index contributed by atoms with van der Waals surface area (Å²) in [5.74, 6) is -0.694. The lowest BCUT2D eigenvalue weighted by molar-refractivity contribution is 0.0697. The van der Waals surface area contributed by atoms with Crippen LogP contribution in [-0.4, -0.2) is 27.6 Å². The molecule has 16 heavy (non-hydrogen) atoms. The van der Waals surface area contributed by atoms with Crippen LogP contribution in [0.4, 0.5) is 5.69 Å². The highest BCUT2D eigenvalue weighted by molar-refractivity contribution is 7.85. The molecule has 5 nitrogen and oxygen atoms in total. The fourth-order valence-electron chi connectivity index (χ4n) is 1.59. The molecule has 0 aromatic heterocycles. The fraction of sp³-hybridized carbons (Fsp3) is 0.200. The number of aromatic carboxylic acids is 1. The minimum Gasteiger partial charge on any atom is -0.478 e. The second-order valence-corrected chi connectivity index (χ2v) is 4.83. The van der Waals surface area contributed by atoms with Crippen LogP contribution in [0.15, 0.2) is 17.0 Å². The van der Waals surface area contributed by atoms with E-state index in [1.54, 1.807) is 0 Å². The second-order valence-electron chi connectivity index (χ2n) is 3.29. The van der Waals surface area contributed by atoms with Crippen LogP contribution in [0, 0.1) is 11.3 Å². The summed E-state index contributed by atoms with van der Waals surface area (Å²) in [7, 11) is -1.23. The maximum absolute atomic E-state index is 11.7. The first-order chi connectivity index (χ1) is 7.63. The number of hydrogen-bond acceptors (Lipinski definition) is 4. The molecule has 1 atom stereocenters. The first-order valence-electron chi connectivity index (χ1n) is 4.57. The molecule has 0 bridgehead atoms. The van der Waals surface area contributed by atoms with Crippen molar-refractivity contribution in [3.63, 3.8) is 0 Å². The van der Waals surface area contributed by atoms with Crippen LogP contribution in [0.2, 0.25) is 0 Å². The van der Waals surface area contributed by atoms with Gasteiger partial charge < -0.3 is 10.4 Å². The molecular formula is C10H8N2O3S. The minimum atomic E-state index is -1.23. The van der Waals surface area contributed by atoms with E-state index in [9.17, 15) is 9.00 Å². The highest BCUT2D eigenvalue weighted by Gasteiger charge is 2.22. The molecule has 0 spiro atoms. The number of carboxylic acid groups (broad SMARTS) is 1. The van der Waals surface area contributed by atoms with E-state index in [0.717, 1.165) is 0 Å². The van der Waals surface area contributed by atoms with Gasteiger partial charge in [0.2, 0.25) is 0 Å². The maximum Gasteiger partial charge on any atom is 0.337 e. The van der Waals surface area contributed by atoms with Crippen LogP contribution in [0.1, 0.15) is 15.9 Å². The van der Waals surface area contributed by atoms with Crippen LogP contribution < -0.4 is 5.32 Å². The smallest absolute Gasteiger partial charge is 0.337 e. The third-order valence-electron chi connectivity index (χ3n) is 2.30. The van der Waals surface area contributed by atoms with Gasteiger partial charge in [0.05, 0.1) is 38.6 Å². The van der Waals surface area contributed by atoms with Crippen LogP contribution in [-0.2, 0) is 10.8 Å². The van der Waals surface area contributed by atoms with E-state index in [1.165, 1.54) is 12.1 Å². The number of nitriles is 1. The van der Waals surface area contributed by atoms with Gasteiger partial charge in [0.25, 0.3) is 0 Å². The van der Waals surface area contributed by atoms with Crippen molar-refractivity contribution < 1.29 is 14.1 Å². The molecule has 0 saturated carbocycles. The number of carbonyl (C=O) groups is 1. The van der Waals surface area contributed by atoms with Gasteiger partial charge >= 0.3 is 5.97 Å². The Bertz CT molecular complexity index is 516. The van der Waals surface area contributed by atoms with Crippen LogP contribution >= 0.6 is 0 Å². The molecule has 1 aromatic carbocycles. The van der Waals surface area contributed by atoms with Gasteiger partial charge in [-0.25, -0.2) is 4.79 Å². The van der Waals surface area contributed by atoms with Crippen molar-refractivity contribution in [2.45, 2.75) is 4.90 Å². The molecule has 1 unspecified atom stereocenters. The number of rotatable bonds is 1. The molecule has 1 aliphatic heterocycles. The van der Waals surface area contributed by atoms with Gasteiger partial charge in [0.15, 0.2) is 0 Å². The molecule has 0 amide bonds. The number of benzene rings is 1. The molecule has 2 rings (SSSR count). The molecule has 0 fully saturated rings. The Morgan fingerprint density at radius 3 is 2.94 bits per heavy atom. The Morgan fingerprint density at radius 2 is 2.31 bits per heavy atom. The molecule has 6 heteroatoms. The Hall–Kier alpha value is -1.87. The molecule has 1 aromatic rings. The van der Waals surface area contributed by atoms with E-state index >= 15 is 0 Å². The summed E-state index contributed by atoms with van der Waals surface area (Å²) in [6, 6.07) is 4.63. The first-order valence-corrected chi connectivity index (χ1v) is 5.89. The summed E-state index contributed by atoms with van der Waals surface area (Å²) in [5.41, 5.74) is 0.589. The molecule has 0 radical (unpaired) electrons. The summed E-state index contributed by atoms with van der Waals surface area (Å²) >= 11 is 0. The summed E-state index contributed by atoms with van der Waals surface area (Å²) in [6.45, 7) is 0.478.